The van der Waals surface area contributed by atoms with Crippen molar-refractivity contribution in [2.75, 3.05) is 23.7 Å². The molecule has 1 fully saturated rings. The summed E-state index contributed by atoms with van der Waals surface area (Å²) < 4.78 is 0. The summed E-state index contributed by atoms with van der Waals surface area (Å²) >= 11 is 0. The van der Waals surface area contributed by atoms with Crippen molar-refractivity contribution in [1.82, 2.24) is 19.9 Å². The van der Waals surface area contributed by atoms with E-state index in [4.69, 9.17) is 0 Å². The van der Waals surface area contributed by atoms with E-state index in [2.05, 4.69) is 44.4 Å². The third-order valence-electron chi connectivity index (χ3n) is 3.63. The molecule has 0 saturated heterocycles. The van der Waals surface area contributed by atoms with Crippen molar-refractivity contribution in [1.29, 1.82) is 0 Å². The normalized spacial score (nSPS) is 21.6. The highest BCUT2D eigenvalue weighted by Gasteiger charge is 2.32. The molecule has 0 bridgehead atoms. The van der Waals surface area contributed by atoms with E-state index >= 15 is 0 Å². The van der Waals surface area contributed by atoms with E-state index in [9.17, 15) is 0 Å². The zero-order valence-corrected chi connectivity index (χ0v) is 11.4. The smallest absolute Gasteiger partial charge is 0.226 e. The number of hydrogen-bond donors (Lipinski definition) is 3. The molecule has 2 aromatic heterocycles. The molecule has 0 aliphatic heterocycles. The summed E-state index contributed by atoms with van der Waals surface area (Å²) in [7, 11) is 0. The molecule has 2 unspecified atom stereocenters. The number of hydrogen-bond acceptors (Lipinski definition) is 5. The van der Waals surface area contributed by atoms with Crippen LogP contribution in [0.2, 0.25) is 0 Å². The van der Waals surface area contributed by atoms with Crippen LogP contribution >= 0.6 is 0 Å². The van der Waals surface area contributed by atoms with Gasteiger partial charge in [-0.3, -0.25) is 0 Å². The molecule has 1 aliphatic carbocycles. The molecular weight excluding hydrogens is 240 g/mol. The van der Waals surface area contributed by atoms with Crippen molar-refractivity contribution in [3.8, 4) is 0 Å². The first kappa shape index (κ1) is 12.2. The number of imidazole rings is 1. The highest BCUT2D eigenvalue weighted by atomic mass is 15.2. The van der Waals surface area contributed by atoms with E-state index in [1.165, 1.54) is 6.42 Å². The lowest BCUT2D eigenvalue weighted by atomic mass is 10.3. The Bertz CT molecular complexity index is 563. The first-order chi connectivity index (χ1) is 9.28. The van der Waals surface area contributed by atoms with Gasteiger partial charge in [0.05, 0.1) is 6.33 Å². The third kappa shape index (κ3) is 2.62. The molecule has 3 N–H and O–H groups in total. The van der Waals surface area contributed by atoms with Gasteiger partial charge in [0.2, 0.25) is 5.95 Å². The van der Waals surface area contributed by atoms with Gasteiger partial charge in [0.25, 0.3) is 0 Å². The molecule has 6 heteroatoms. The van der Waals surface area contributed by atoms with E-state index in [1.54, 1.807) is 6.33 Å². The van der Waals surface area contributed by atoms with Crippen molar-refractivity contribution in [2.45, 2.75) is 26.7 Å². The monoisotopic (exact) mass is 260 g/mol. The minimum atomic E-state index is 0.646. The third-order valence-corrected chi connectivity index (χ3v) is 3.63. The van der Waals surface area contributed by atoms with Crippen molar-refractivity contribution in [3.63, 3.8) is 0 Å². The molecule has 2 aromatic rings. The standard InChI is InChI=1S/C13H20N6/c1-3-4-14-13-18-11(15-6-9-5-8(9)2)10-12(19-13)17-7-16-10/h7-9H,3-6H2,1-2H3,(H3,14,15,16,17,18,19). The molecule has 19 heavy (non-hydrogen) atoms. The van der Waals surface area contributed by atoms with Crippen LogP contribution in [0.1, 0.15) is 26.7 Å². The SMILES string of the molecule is CCCNc1nc(NCC2CC2C)c2[nH]cnc2n1. The number of aromatic nitrogens is 4. The Kier molecular flexibility index (Phi) is 3.23. The molecule has 0 amide bonds. The van der Waals surface area contributed by atoms with E-state index < -0.39 is 0 Å². The second kappa shape index (κ2) is 5.03. The van der Waals surface area contributed by atoms with Crippen LogP contribution in [-0.2, 0) is 0 Å². The fourth-order valence-corrected chi connectivity index (χ4v) is 2.19. The lowest BCUT2D eigenvalue weighted by Crippen LogP contribution is -2.10. The number of aromatic amines is 1. The summed E-state index contributed by atoms with van der Waals surface area (Å²) in [4.78, 5) is 16.2. The van der Waals surface area contributed by atoms with Crippen LogP contribution in [0.15, 0.2) is 6.33 Å². The topological polar surface area (TPSA) is 78.5 Å². The summed E-state index contributed by atoms with van der Waals surface area (Å²) in [6.07, 6.45) is 4.02. The molecule has 3 rings (SSSR count). The van der Waals surface area contributed by atoms with E-state index in [-0.39, 0.29) is 0 Å². The maximum Gasteiger partial charge on any atom is 0.226 e. The van der Waals surface area contributed by atoms with Crippen LogP contribution in [0.4, 0.5) is 11.8 Å². The van der Waals surface area contributed by atoms with Gasteiger partial charge in [-0.1, -0.05) is 13.8 Å². The van der Waals surface area contributed by atoms with Gasteiger partial charge >= 0.3 is 0 Å². The number of nitrogens with zero attached hydrogens (tertiary/aromatic N) is 3. The quantitative estimate of drug-likeness (QED) is 0.742. The first-order valence-corrected chi connectivity index (χ1v) is 6.96. The maximum absolute atomic E-state index is 4.53. The molecule has 102 valence electrons. The summed E-state index contributed by atoms with van der Waals surface area (Å²) in [5.74, 6) is 3.11. The Hall–Kier alpha value is -1.85. The van der Waals surface area contributed by atoms with Gasteiger partial charge in [-0.15, -0.1) is 0 Å². The summed E-state index contributed by atoms with van der Waals surface area (Å²) in [5, 5.41) is 6.63. The van der Waals surface area contributed by atoms with Crippen LogP contribution < -0.4 is 10.6 Å². The molecular formula is C13H20N6. The Morgan fingerprint density at radius 2 is 2.21 bits per heavy atom. The fourth-order valence-electron chi connectivity index (χ4n) is 2.19. The predicted octanol–water partition coefficient (Wildman–Crippen LogP) is 2.24. The van der Waals surface area contributed by atoms with E-state index in [0.29, 0.717) is 11.6 Å². The van der Waals surface area contributed by atoms with Gasteiger partial charge in [-0.05, 0) is 24.7 Å². The van der Waals surface area contributed by atoms with Crippen molar-refractivity contribution in [3.05, 3.63) is 6.33 Å². The molecule has 2 heterocycles. The number of nitrogens with one attached hydrogen (secondary N) is 3. The van der Waals surface area contributed by atoms with Crippen LogP contribution in [0.3, 0.4) is 0 Å². The molecule has 0 spiro atoms. The molecule has 0 aromatic carbocycles. The average Bonchev–Trinajstić information content (AvgIpc) is 2.91. The van der Waals surface area contributed by atoms with Gasteiger partial charge < -0.3 is 15.6 Å². The van der Waals surface area contributed by atoms with E-state index in [1.807, 2.05) is 0 Å². The largest absolute Gasteiger partial charge is 0.368 e. The van der Waals surface area contributed by atoms with Gasteiger partial charge in [0, 0.05) is 13.1 Å². The number of H-pyrrole nitrogens is 1. The zero-order chi connectivity index (χ0) is 13.2. The highest BCUT2D eigenvalue weighted by molar-refractivity contribution is 5.83. The highest BCUT2D eigenvalue weighted by Crippen LogP contribution is 2.37. The van der Waals surface area contributed by atoms with Crippen molar-refractivity contribution in [2.24, 2.45) is 11.8 Å². The molecule has 1 saturated carbocycles. The molecule has 6 nitrogen and oxygen atoms in total. The van der Waals surface area contributed by atoms with Crippen LogP contribution in [0, 0.1) is 11.8 Å². The average molecular weight is 260 g/mol. The molecule has 2 atom stereocenters. The molecule has 1 aliphatic rings. The second-order valence-corrected chi connectivity index (χ2v) is 5.28. The summed E-state index contributed by atoms with van der Waals surface area (Å²) in [5.41, 5.74) is 1.59. The zero-order valence-electron chi connectivity index (χ0n) is 11.4. The lowest BCUT2D eigenvalue weighted by Gasteiger charge is -2.08. The van der Waals surface area contributed by atoms with Crippen LogP contribution in [0.25, 0.3) is 11.2 Å². The van der Waals surface area contributed by atoms with Crippen LogP contribution in [-0.4, -0.2) is 33.0 Å². The second-order valence-electron chi connectivity index (χ2n) is 5.28. The van der Waals surface area contributed by atoms with Gasteiger partial charge in [0.15, 0.2) is 11.5 Å². The fraction of sp³-hybridized carbons (Fsp3) is 0.615. The maximum atomic E-state index is 4.53. The minimum absolute atomic E-state index is 0.646. The van der Waals surface area contributed by atoms with Gasteiger partial charge in [-0.25, -0.2) is 4.98 Å². The summed E-state index contributed by atoms with van der Waals surface area (Å²) in [6, 6.07) is 0. The number of anilines is 2. The van der Waals surface area contributed by atoms with E-state index in [0.717, 1.165) is 42.7 Å². The molecule has 0 radical (unpaired) electrons. The van der Waals surface area contributed by atoms with Gasteiger partial charge in [-0.2, -0.15) is 9.97 Å². The Balaban J connectivity index is 1.80. The summed E-state index contributed by atoms with van der Waals surface area (Å²) in [6.45, 7) is 6.24. The van der Waals surface area contributed by atoms with Gasteiger partial charge in [0.1, 0.15) is 5.52 Å². The van der Waals surface area contributed by atoms with Crippen molar-refractivity contribution >= 4 is 22.9 Å². The Labute approximate surface area is 112 Å². The van der Waals surface area contributed by atoms with Crippen LogP contribution in [0.5, 0.6) is 0 Å². The predicted molar refractivity (Wildman–Crippen MR) is 76.2 cm³/mol. The number of rotatable bonds is 6. The lowest BCUT2D eigenvalue weighted by molar-refractivity contribution is 0.785. The number of fused-ring (bicyclic) bond motifs is 1. The Morgan fingerprint density at radius 1 is 1.37 bits per heavy atom. The van der Waals surface area contributed by atoms with Crippen molar-refractivity contribution < 1.29 is 0 Å². The Morgan fingerprint density at radius 3 is 2.95 bits per heavy atom. The minimum Gasteiger partial charge on any atom is -0.368 e. The first-order valence-electron chi connectivity index (χ1n) is 6.96.